The zero-order valence-electron chi connectivity index (χ0n) is 23.6. The van der Waals surface area contributed by atoms with Gasteiger partial charge in [0.25, 0.3) is 5.91 Å². The number of carbonyl (C=O) groups excluding carboxylic acids is 2. The van der Waals surface area contributed by atoms with Crippen LogP contribution in [0.4, 0.5) is 5.69 Å². The SMILES string of the molecule is CCCCNC(=O)c1cc2cc(N(Cc3cncn3Cc3ccc(C#N)cc3)C(=O)CCC3CCCC3)ccc2s1. The molecule has 8 heteroatoms. The number of nitrogens with one attached hydrogen (secondary N) is 1. The van der Waals surface area contributed by atoms with Gasteiger partial charge in [0.2, 0.25) is 5.91 Å². The highest BCUT2D eigenvalue weighted by molar-refractivity contribution is 7.20. The van der Waals surface area contributed by atoms with Crippen molar-refractivity contribution in [3.63, 3.8) is 0 Å². The molecule has 1 saturated carbocycles. The van der Waals surface area contributed by atoms with Crippen molar-refractivity contribution in [2.45, 2.75) is 71.4 Å². The van der Waals surface area contributed by atoms with Crippen LogP contribution in [0.5, 0.6) is 0 Å². The summed E-state index contributed by atoms with van der Waals surface area (Å²) < 4.78 is 3.08. The Morgan fingerprint density at radius 1 is 1.15 bits per heavy atom. The van der Waals surface area contributed by atoms with E-state index in [0.717, 1.165) is 46.3 Å². The zero-order chi connectivity index (χ0) is 28.6. The van der Waals surface area contributed by atoms with Gasteiger partial charge in [0, 0.05) is 36.1 Å². The Morgan fingerprint density at radius 2 is 1.95 bits per heavy atom. The number of fused-ring (bicyclic) bond motifs is 1. The molecule has 0 atom stereocenters. The summed E-state index contributed by atoms with van der Waals surface area (Å²) >= 11 is 1.48. The molecule has 0 bridgehead atoms. The summed E-state index contributed by atoms with van der Waals surface area (Å²) in [6, 6.07) is 17.7. The molecular weight excluding hydrogens is 530 g/mol. The Kier molecular flexibility index (Phi) is 9.48. The quantitative estimate of drug-likeness (QED) is 0.186. The minimum Gasteiger partial charge on any atom is -0.351 e. The number of thiophene rings is 1. The average molecular weight is 568 g/mol. The van der Waals surface area contributed by atoms with Crippen molar-refractivity contribution in [3.05, 3.63) is 82.8 Å². The van der Waals surface area contributed by atoms with Gasteiger partial charge in [-0.1, -0.05) is 51.2 Å². The van der Waals surface area contributed by atoms with Gasteiger partial charge in [-0.15, -0.1) is 11.3 Å². The first-order valence-corrected chi connectivity index (χ1v) is 15.5. The molecule has 1 N–H and O–H groups in total. The molecule has 4 aromatic rings. The van der Waals surface area contributed by atoms with Gasteiger partial charge in [-0.25, -0.2) is 4.98 Å². The molecule has 1 aliphatic carbocycles. The van der Waals surface area contributed by atoms with E-state index < -0.39 is 0 Å². The van der Waals surface area contributed by atoms with Gasteiger partial charge >= 0.3 is 0 Å². The number of aromatic nitrogens is 2. The van der Waals surface area contributed by atoms with Crippen LogP contribution in [0.1, 0.15) is 84.8 Å². The molecule has 212 valence electrons. The molecule has 0 saturated heterocycles. The highest BCUT2D eigenvalue weighted by atomic mass is 32.1. The number of amides is 2. The average Bonchev–Trinajstić information content (AvgIpc) is 3.76. The van der Waals surface area contributed by atoms with Crippen LogP contribution in [0.15, 0.2) is 61.1 Å². The molecule has 7 nitrogen and oxygen atoms in total. The first-order valence-electron chi connectivity index (χ1n) is 14.6. The monoisotopic (exact) mass is 567 g/mol. The molecule has 2 aromatic carbocycles. The third kappa shape index (κ3) is 7.22. The Hall–Kier alpha value is -3.96. The van der Waals surface area contributed by atoms with Gasteiger partial charge in [-0.3, -0.25) is 9.59 Å². The number of hydrogen-bond acceptors (Lipinski definition) is 5. The molecule has 1 fully saturated rings. The lowest BCUT2D eigenvalue weighted by Gasteiger charge is -2.24. The number of rotatable bonds is 12. The second-order valence-electron chi connectivity index (χ2n) is 10.9. The van der Waals surface area contributed by atoms with Crippen LogP contribution in [0.2, 0.25) is 0 Å². The summed E-state index contributed by atoms with van der Waals surface area (Å²) in [6.45, 7) is 3.78. The number of anilines is 1. The van der Waals surface area contributed by atoms with Crippen LogP contribution in [0.3, 0.4) is 0 Å². The second kappa shape index (κ2) is 13.6. The number of nitriles is 1. The molecule has 5 rings (SSSR count). The number of imidazole rings is 1. The van der Waals surface area contributed by atoms with E-state index in [2.05, 4.69) is 27.9 Å². The standard InChI is InChI=1S/C33H37N5O2S/c1-2-3-16-36-33(40)31-18-27-17-28(13-14-30(27)41-31)38(32(39)15-12-24-6-4-5-7-24)22-29-20-35-23-37(29)21-26-10-8-25(19-34)9-11-26/h8-11,13-14,17-18,20,23-24H,2-7,12,15-16,21-22H2,1H3,(H,36,40). The van der Waals surface area contributed by atoms with Gasteiger partial charge < -0.3 is 14.8 Å². The van der Waals surface area contributed by atoms with Crippen molar-refractivity contribution in [1.29, 1.82) is 5.26 Å². The number of unbranched alkanes of at least 4 members (excludes halogenated alkanes) is 1. The fourth-order valence-corrected chi connectivity index (χ4v) is 6.49. The van der Waals surface area contributed by atoms with Gasteiger partial charge in [0.15, 0.2) is 0 Å². The van der Waals surface area contributed by atoms with Crippen molar-refractivity contribution in [3.8, 4) is 6.07 Å². The fraction of sp³-hybridized carbons (Fsp3) is 0.394. The fourth-order valence-electron chi connectivity index (χ4n) is 5.53. The van der Waals surface area contributed by atoms with Crippen LogP contribution < -0.4 is 10.2 Å². The predicted octanol–water partition coefficient (Wildman–Crippen LogP) is 7.05. The van der Waals surface area contributed by atoms with E-state index in [1.807, 2.05) is 59.6 Å². The Morgan fingerprint density at radius 3 is 2.71 bits per heavy atom. The van der Waals surface area contributed by atoms with Crippen LogP contribution in [-0.2, 0) is 17.9 Å². The molecule has 0 unspecified atom stereocenters. The Labute approximate surface area is 245 Å². The van der Waals surface area contributed by atoms with E-state index in [9.17, 15) is 9.59 Å². The molecular formula is C33H37N5O2S. The number of nitrogens with zero attached hydrogens (tertiary/aromatic N) is 4. The molecule has 0 radical (unpaired) electrons. The Bertz CT molecular complexity index is 1530. The van der Waals surface area contributed by atoms with Gasteiger partial charge in [-0.2, -0.15) is 5.26 Å². The maximum absolute atomic E-state index is 13.8. The van der Waals surface area contributed by atoms with Crippen LogP contribution in [-0.4, -0.2) is 27.9 Å². The van der Waals surface area contributed by atoms with Crippen LogP contribution in [0, 0.1) is 17.2 Å². The van der Waals surface area contributed by atoms with Crippen molar-refractivity contribution >= 4 is 38.9 Å². The molecule has 0 spiro atoms. The van der Waals surface area contributed by atoms with Crippen molar-refractivity contribution in [1.82, 2.24) is 14.9 Å². The van der Waals surface area contributed by atoms with Crippen LogP contribution >= 0.6 is 11.3 Å². The highest BCUT2D eigenvalue weighted by Crippen LogP contribution is 2.32. The molecule has 1 aliphatic rings. The van der Waals surface area contributed by atoms with Gasteiger partial charge in [0.05, 0.1) is 35.1 Å². The summed E-state index contributed by atoms with van der Waals surface area (Å²) in [5.74, 6) is 0.698. The van der Waals surface area contributed by atoms with Crippen molar-refractivity contribution in [2.75, 3.05) is 11.4 Å². The van der Waals surface area contributed by atoms with E-state index in [1.165, 1.54) is 37.0 Å². The lowest BCUT2D eigenvalue weighted by Crippen LogP contribution is -2.31. The summed E-state index contributed by atoms with van der Waals surface area (Å²) in [6.07, 6.45) is 12.0. The first-order chi connectivity index (χ1) is 20.0. The lowest BCUT2D eigenvalue weighted by molar-refractivity contribution is -0.119. The maximum Gasteiger partial charge on any atom is 0.261 e. The van der Waals surface area contributed by atoms with E-state index in [-0.39, 0.29) is 11.8 Å². The van der Waals surface area contributed by atoms with Gasteiger partial charge in [0.1, 0.15) is 0 Å². The maximum atomic E-state index is 13.8. The molecule has 41 heavy (non-hydrogen) atoms. The van der Waals surface area contributed by atoms with Crippen molar-refractivity contribution < 1.29 is 9.59 Å². The van der Waals surface area contributed by atoms with E-state index in [4.69, 9.17) is 5.26 Å². The van der Waals surface area contributed by atoms with Crippen molar-refractivity contribution in [2.24, 2.45) is 5.92 Å². The number of benzene rings is 2. The summed E-state index contributed by atoms with van der Waals surface area (Å²) in [5.41, 5.74) is 3.46. The van der Waals surface area contributed by atoms with Gasteiger partial charge in [-0.05, 0) is 66.1 Å². The summed E-state index contributed by atoms with van der Waals surface area (Å²) in [5, 5.41) is 13.1. The predicted molar refractivity (Wildman–Crippen MR) is 164 cm³/mol. The van der Waals surface area contributed by atoms with E-state index >= 15 is 0 Å². The normalized spacial score (nSPS) is 13.4. The lowest BCUT2D eigenvalue weighted by atomic mass is 10.0. The topological polar surface area (TPSA) is 91.0 Å². The van der Waals surface area contributed by atoms with E-state index in [1.54, 1.807) is 6.33 Å². The molecule has 2 heterocycles. The highest BCUT2D eigenvalue weighted by Gasteiger charge is 2.22. The minimum absolute atomic E-state index is 0.0441. The third-order valence-electron chi connectivity index (χ3n) is 7.95. The second-order valence-corrected chi connectivity index (χ2v) is 12.0. The minimum atomic E-state index is -0.0441. The number of hydrogen-bond donors (Lipinski definition) is 1. The number of carbonyl (C=O) groups is 2. The van der Waals surface area contributed by atoms with E-state index in [0.29, 0.717) is 42.4 Å². The smallest absolute Gasteiger partial charge is 0.261 e. The Balaban J connectivity index is 1.38. The summed E-state index contributed by atoms with van der Waals surface area (Å²) in [4.78, 5) is 33.4. The zero-order valence-corrected chi connectivity index (χ0v) is 24.5. The van der Waals surface area contributed by atoms with Crippen LogP contribution in [0.25, 0.3) is 10.1 Å². The molecule has 2 aromatic heterocycles. The largest absolute Gasteiger partial charge is 0.351 e. The summed E-state index contributed by atoms with van der Waals surface area (Å²) in [7, 11) is 0. The third-order valence-corrected chi connectivity index (χ3v) is 9.06. The first kappa shape index (κ1) is 28.6. The molecule has 0 aliphatic heterocycles. The molecule has 2 amide bonds.